The molecule has 0 aromatic carbocycles. The van der Waals surface area contributed by atoms with E-state index in [2.05, 4.69) is 5.53 Å². The van der Waals surface area contributed by atoms with Gasteiger partial charge < -0.3 is 9.84 Å². The summed E-state index contributed by atoms with van der Waals surface area (Å²) < 4.78 is 24.8. The van der Waals surface area contributed by atoms with E-state index in [1.54, 1.807) is 20.8 Å². The molecule has 0 fully saturated rings. The fourth-order valence-corrected chi connectivity index (χ4v) is 1.85. The van der Waals surface area contributed by atoms with E-state index < -0.39 is 40.9 Å². The maximum Gasteiger partial charge on any atom is 0.325 e. The fourth-order valence-electron chi connectivity index (χ4n) is 1.67. The van der Waals surface area contributed by atoms with Crippen molar-refractivity contribution < 1.29 is 28.2 Å². The number of ether oxygens (including phenoxy) is 1. The lowest BCUT2D eigenvalue weighted by atomic mass is 10.1. The van der Waals surface area contributed by atoms with E-state index in [4.69, 9.17) is 14.4 Å². The molecule has 0 amide bonds. The number of rotatable bonds is 9. The van der Waals surface area contributed by atoms with Gasteiger partial charge in [-0.3, -0.25) is 14.1 Å². The van der Waals surface area contributed by atoms with E-state index in [9.17, 15) is 13.8 Å². The van der Waals surface area contributed by atoms with Crippen molar-refractivity contribution in [3.8, 4) is 0 Å². The van der Waals surface area contributed by atoms with Crippen LogP contribution in [0.1, 0.15) is 47.5 Å². The second-order valence-electron chi connectivity index (χ2n) is 5.72. The van der Waals surface area contributed by atoms with E-state index in [1.807, 2.05) is 11.8 Å². The predicted molar refractivity (Wildman–Crippen MR) is 80.5 cm³/mol. The quantitative estimate of drug-likeness (QED) is 0.270. The molecule has 0 aliphatic heterocycles. The molecule has 0 aromatic heterocycles. The Morgan fingerprint density at radius 1 is 1.36 bits per heavy atom. The number of hydrogen-bond acceptors (Lipinski definition) is 6. The monoisotopic (exact) mass is 339 g/mol. The average molecular weight is 339 g/mol. The first-order chi connectivity index (χ1) is 9.99. The zero-order valence-electron chi connectivity index (χ0n) is 13.5. The molecule has 130 valence electrons. The Kier molecular flexibility index (Phi) is 8.71. The van der Waals surface area contributed by atoms with E-state index in [0.29, 0.717) is 12.8 Å². The number of hydrazine groups is 2. The number of aliphatic carboxylic acids is 1. The Morgan fingerprint density at radius 3 is 2.27 bits per heavy atom. The van der Waals surface area contributed by atoms with Crippen LogP contribution in [0.25, 0.3) is 0 Å². The second-order valence-corrected chi connectivity index (χ2v) is 6.42. The van der Waals surface area contributed by atoms with Gasteiger partial charge in [0.05, 0.1) is 0 Å². The van der Waals surface area contributed by atoms with Crippen LogP contribution in [0, 0.1) is 0 Å². The van der Waals surface area contributed by atoms with Gasteiger partial charge in [-0.2, -0.15) is 5.53 Å². The van der Waals surface area contributed by atoms with Crippen molar-refractivity contribution in [2.75, 3.05) is 0 Å². The summed E-state index contributed by atoms with van der Waals surface area (Å²) in [5.74, 6) is -1.80. The standard InChI is InChI=1S/C12H25N3O6S/c1-6-7-9(11(18)21-12(3,4)5)15(8(2)10(16)17)13-14-22(19)20/h8-9,13-14H,6-7H2,1-5H3,(H,16,17)(H,19,20)/t8-,9?/m0/s1. The smallest absolute Gasteiger partial charge is 0.325 e. The molecule has 9 nitrogen and oxygen atoms in total. The predicted octanol–water partition coefficient (Wildman–Crippen LogP) is 0.418. The third-order valence-electron chi connectivity index (χ3n) is 2.61. The number of nitrogens with zero attached hydrogens (tertiary/aromatic N) is 1. The first kappa shape index (κ1) is 20.9. The van der Waals surface area contributed by atoms with E-state index >= 15 is 0 Å². The van der Waals surface area contributed by atoms with Crippen LogP contribution in [0.3, 0.4) is 0 Å². The van der Waals surface area contributed by atoms with Crippen LogP contribution in [0.4, 0.5) is 0 Å². The molecule has 0 saturated carbocycles. The summed E-state index contributed by atoms with van der Waals surface area (Å²) in [5, 5.41) is 10.2. The summed E-state index contributed by atoms with van der Waals surface area (Å²) >= 11 is -2.42. The third-order valence-corrected chi connectivity index (χ3v) is 2.88. The number of nitrogens with one attached hydrogen (secondary N) is 2. The highest BCUT2D eigenvalue weighted by Gasteiger charge is 2.35. The average Bonchev–Trinajstić information content (AvgIpc) is 2.34. The zero-order chi connectivity index (χ0) is 17.5. The van der Waals surface area contributed by atoms with Gasteiger partial charge in [0, 0.05) is 0 Å². The summed E-state index contributed by atoms with van der Waals surface area (Å²) in [4.78, 5) is 25.5. The molecule has 3 atom stereocenters. The molecule has 2 unspecified atom stereocenters. The number of carboxylic acid groups (broad SMARTS) is 1. The van der Waals surface area contributed by atoms with Crippen molar-refractivity contribution in [2.45, 2.75) is 65.1 Å². The molecule has 0 spiro atoms. The molecule has 0 saturated heterocycles. The molecule has 22 heavy (non-hydrogen) atoms. The Hall–Kier alpha value is -1.07. The highest BCUT2D eigenvalue weighted by Crippen LogP contribution is 2.16. The van der Waals surface area contributed by atoms with Gasteiger partial charge >= 0.3 is 11.9 Å². The maximum absolute atomic E-state index is 12.3. The second kappa shape index (κ2) is 9.16. The SMILES string of the molecule is CCCC(C(=O)OC(C)(C)C)N(NNS(=O)O)[C@@H](C)C(=O)O. The summed E-state index contributed by atoms with van der Waals surface area (Å²) in [7, 11) is 0. The largest absolute Gasteiger partial charge is 0.480 e. The molecular weight excluding hydrogens is 314 g/mol. The van der Waals surface area contributed by atoms with E-state index in [1.165, 1.54) is 6.92 Å². The maximum atomic E-state index is 12.3. The first-order valence-corrected chi connectivity index (χ1v) is 7.96. The van der Waals surface area contributed by atoms with Crippen LogP contribution in [0.15, 0.2) is 0 Å². The van der Waals surface area contributed by atoms with Crippen LogP contribution < -0.4 is 10.4 Å². The third kappa shape index (κ3) is 7.80. The normalized spacial score (nSPS) is 16.1. The van der Waals surface area contributed by atoms with Gasteiger partial charge in [-0.15, -0.1) is 4.83 Å². The lowest BCUT2D eigenvalue weighted by molar-refractivity contribution is -0.167. The van der Waals surface area contributed by atoms with E-state index in [-0.39, 0.29) is 0 Å². The molecule has 0 aliphatic rings. The topological polar surface area (TPSA) is 128 Å². The minimum absolute atomic E-state index is 0.319. The Balaban J connectivity index is 5.31. The van der Waals surface area contributed by atoms with Crippen molar-refractivity contribution in [1.82, 2.24) is 15.4 Å². The molecule has 0 aliphatic carbocycles. The molecule has 0 aromatic rings. The van der Waals surface area contributed by atoms with Crippen molar-refractivity contribution in [1.29, 1.82) is 0 Å². The Bertz CT molecular complexity index is 412. The summed E-state index contributed by atoms with van der Waals surface area (Å²) in [6, 6.07) is -2.05. The van der Waals surface area contributed by atoms with Gasteiger partial charge in [-0.25, -0.2) is 9.22 Å². The minimum atomic E-state index is -2.42. The number of carbonyl (C=O) groups is 2. The number of esters is 1. The molecule has 0 heterocycles. The minimum Gasteiger partial charge on any atom is -0.480 e. The number of carboxylic acids is 1. The fraction of sp³-hybridized carbons (Fsp3) is 0.833. The van der Waals surface area contributed by atoms with Crippen LogP contribution in [-0.4, -0.2) is 48.5 Å². The molecule has 0 bridgehead atoms. The highest BCUT2D eigenvalue weighted by atomic mass is 32.2. The van der Waals surface area contributed by atoms with Crippen molar-refractivity contribution in [3.05, 3.63) is 0 Å². The van der Waals surface area contributed by atoms with Crippen molar-refractivity contribution >= 4 is 23.2 Å². The van der Waals surface area contributed by atoms with Crippen LogP contribution in [0.2, 0.25) is 0 Å². The molecular formula is C12H25N3O6S. The molecule has 0 radical (unpaired) electrons. The summed E-state index contributed by atoms with van der Waals surface area (Å²) in [6.07, 6.45) is 0.913. The Morgan fingerprint density at radius 2 is 1.91 bits per heavy atom. The van der Waals surface area contributed by atoms with Gasteiger partial charge in [-0.1, -0.05) is 13.3 Å². The van der Waals surface area contributed by atoms with Gasteiger partial charge in [0.25, 0.3) is 0 Å². The molecule has 4 N–H and O–H groups in total. The summed E-state index contributed by atoms with van der Waals surface area (Å²) in [5.41, 5.74) is 1.58. The van der Waals surface area contributed by atoms with Crippen LogP contribution >= 0.6 is 0 Å². The lowest BCUT2D eigenvalue weighted by Gasteiger charge is -2.34. The van der Waals surface area contributed by atoms with Crippen LogP contribution in [0.5, 0.6) is 0 Å². The van der Waals surface area contributed by atoms with Gasteiger partial charge in [0.2, 0.25) is 11.3 Å². The number of carbonyl (C=O) groups excluding carboxylic acids is 1. The van der Waals surface area contributed by atoms with Gasteiger partial charge in [0.15, 0.2) is 0 Å². The first-order valence-electron chi connectivity index (χ1n) is 6.85. The summed E-state index contributed by atoms with van der Waals surface area (Å²) in [6.45, 7) is 8.29. The highest BCUT2D eigenvalue weighted by molar-refractivity contribution is 7.77. The van der Waals surface area contributed by atoms with Crippen molar-refractivity contribution in [2.24, 2.45) is 0 Å². The zero-order valence-corrected chi connectivity index (χ0v) is 14.3. The lowest BCUT2D eigenvalue weighted by Crippen LogP contribution is -2.61. The van der Waals surface area contributed by atoms with Gasteiger partial charge in [-0.05, 0) is 34.1 Å². The molecule has 0 rings (SSSR count). The van der Waals surface area contributed by atoms with Crippen LogP contribution in [-0.2, 0) is 25.6 Å². The Labute approximate surface area is 132 Å². The number of hydrogen-bond donors (Lipinski definition) is 4. The van der Waals surface area contributed by atoms with Gasteiger partial charge in [0.1, 0.15) is 17.7 Å². The van der Waals surface area contributed by atoms with Crippen molar-refractivity contribution in [3.63, 3.8) is 0 Å². The van der Waals surface area contributed by atoms with E-state index in [0.717, 1.165) is 5.01 Å². The molecule has 10 heteroatoms.